The first-order chi connectivity index (χ1) is 4.83. The zero-order valence-electron chi connectivity index (χ0n) is 6.43. The highest BCUT2D eigenvalue weighted by Gasteiger charge is 2.30. The Hall–Kier alpha value is 0.270. The summed E-state index contributed by atoms with van der Waals surface area (Å²) < 4.78 is 5.38. The van der Waals surface area contributed by atoms with E-state index < -0.39 is 0 Å². The van der Waals surface area contributed by atoms with E-state index in [9.17, 15) is 0 Å². The Kier molecular flexibility index (Phi) is 3.01. The molecule has 0 aliphatic carbocycles. The molecule has 0 spiro atoms. The highest BCUT2D eigenvalue weighted by molar-refractivity contribution is 7.99. The largest absolute Gasteiger partial charge is 0.376 e. The summed E-state index contributed by atoms with van der Waals surface area (Å²) in [4.78, 5) is 0. The fraction of sp³-hybridized carbons (Fsp3) is 1.00. The monoisotopic (exact) mass is 161 g/mol. The van der Waals surface area contributed by atoms with Crippen LogP contribution in [0, 0.1) is 0 Å². The fourth-order valence-corrected chi connectivity index (χ4v) is 2.48. The molecule has 2 nitrogen and oxygen atoms in total. The third kappa shape index (κ3) is 1.65. The average Bonchev–Trinajstić information content (AvgIpc) is 2.06. The molecule has 0 aromatic carbocycles. The van der Waals surface area contributed by atoms with Crippen LogP contribution in [0.1, 0.15) is 12.8 Å². The number of thioether (sulfide) groups is 1. The third-order valence-electron chi connectivity index (χ3n) is 2.09. The second-order valence-corrected chi connectivity index (χ2v) is 3.85. The van der Waals surface area contributed by atoms with Gasteiger partial charge in [-0.2, -0.15) is 11.8 Å². The molecular weight excluding hydrogens is 146 g/mol. The summed E-state index contributed by atoms with van der Waals surface area (Å²) in [6, 6.07) is 0. The molecule has 0 aromatic heterocycles. The van der Waals surface area contributed by atoms with Gasteiger partial charge in [0.25, 0.3) is 0 Å². The van der Waals surface area contributed by atoms with Crippen LogP contribution in [0.4, 0.5) is 0 Å². The smallest absolute Gasteiger partial charge is 0.0890 e. The maximum atomic E-state index is 5.61. The summed E-state index contributed by atoms with van der Waals surface area (Å²) >= 11 is 1.95. The molecule has 0 amide bonds. The van der Waals surface area contributed by atoms with Gasteiger partial charge in [0.15, 0.2) is 0 Å². The molecule has 1 aliphatic rings. The molecule has 1 atom stereocenters. The summed E-state index contributed by atoms with van der Waals surface area (Å²) in [5.41, 5.74) is 5.61. The van der Waals surface area contributed by atoms with Gasteiger partial charge in [-0.15, -0.1) is 0 Å². The number of nitrogens with two attached hydrogens (primary N) is 1. The fourth-order valence-electron chi connectivity index (χ4n) is 1.23. The molecule has 1 heterocycles. The lowest BCUT2D eigenvalue weighted by atomic mass is 10.0. The normalized spacial score (nSPS) is 34.2. The maximum Gasteiger partial charge on any atom is 0.0890 e. The van der Waals surface area contributed by atoms with E-state index in [1.165, 1.54) is 12.2 Å². The topological polar surface area (TPSA) is 35.2 Å². The Bertz CT molecular complexity index is 95.8. The van der Waals surface area contributed by atoms with Crippen LogP contribution in [0.5, 0.6) is 0 Å². The van der Waals surface area contributed by atoms with Gasteiger partial charge in [-0.1, -0.05) is 0 Å². The van der Waals surface area contributed by atoms with Gasteiger partial charge in [-0.25, -0.2) is 0 Å². The first-order valence-corrected chi connectivity index (χ1v) is 4.81. The molecular formula is C7H15NOS. The van der Waals surface area contributed by atoms with Crippen molar-refractivity contribution in [2.75, 3.05) is 25.2 Å². The summed E-state index contributed by atoms with van der Waals surface area (Å²) in [5.74, 6) is 2.34. The highest BCUT2D eigenvalue weighted by atomic mass is 32.2. The lowest BCUT2D eigenvalue weighted by Crippen LogP contribution is -2.44. The predicted molar refractivity (Wildman–Crippen MR) is 45.4 cm³/mol. The first kappa shape index (κ1) is 8.37. The van der Waals surface area contributed by atoms with Crippen LogP contribution in [0.2, 0.25) is 0 Å². The van der Waals surface area contributed by atoms with Gasteiger partial charge >= 0.3 is 0 Å². The molecule has 3 heteroatoms. The van der Waals surface area contributed by atoms with E-state index in [2.05, 4.69) is 0 Å². The SMILES string of the molecule is COC1(CN)CCCSC1. The molecule has 1 rings (SSSR count). The lowest BCUT2D eigenvalue weighted by Gasteiger charge is -2.34. The lowest BCUT2D eigenvalue weighted by molar-refractivity contribution is 0.00847. The van der Waals surface area contributed by atoms with Gasteiger partial charge in [0, 0.05) is 19.4 Å². The molecule has 1 fully saturated rings. The molecule has 2 N–H and O–H groups in total. The van der Waals surface area contributed by atoms with E-state index in [0.717, 1.165) is 12.2 Å². The zero-order valence-corrected chi connectivity index (χ0v) is 7.25. The van der Waals surface area contributed by atoms with Gasteiger partial charge < -0.3 is 10.5 Å². The Balaban J connectivity index is 2.44. The van der Waals surface area contributed by atoms with Gasteiger partial charge in [-0.05, 0) is 18.6 Å². The second-order valence-electron chi connectivity index (χ2n) is 2.75. The van der Waals surface area contributed by atoms with E-state index in [0.29, 0.717) is 6.54 Å². The van der Waals surface area contributed by atoms with Crippen molar-refractivity contribution in [3.8, 4) is 0 Å². The number of hydrogen-bond donors (Lipinski definition) is 1. The first-order valence-electron chi connectivity index (χ1n) is 3.66. The van der Waals surface area contributed by atoms with Gasteiger partial charge in [0.05, 0.1) is 5.60 Å². The Morgan fingerprint density at radius 2 is 2.50 bits per heavy atom. The molecule has 0 bridgehead atoms. The summed E-state index contributed by atoms with van der Waals surface area (Å²) in [7, 11) is 1.76. The minimum Gasteiger partial charge on any atom is -0.376 e. The van der Waals surface area contributed by atoms with Crippen molar-refractivity contribution < 1.29 is 4.74 Å². The van der Waals surface area contributed by atoms with Crippen molar-refractivity contribution in [3.63, 3.8) is 0 Å². The summed E-state index contributed by atoms with van der Waals surface area (Å²) in [5, 5.41) is 0. The van der Waals surface area contributed by atoms with Crippen LogP contribution in [-0.4, -0.2) is 30.8 Å². The third-order valence-corrected chi connectivity index (χ3v) is 3.40. The predicted octanol–water partition coefficient (Wildman–Crippen LogP) is 0.857. The van der Waals surface area contributed by atoms with Crippen LogP contribution in [-0.2, 0) is 4.74 Å². The minimum absolute atomic E-state index is 0.00289. The van der Waals surface area contributed by atoms with Gasteiger partial charge in [-0.3, -0.25) is 0 Å². The van der Waals surface area contributed by atoms with E-state index in [-0.39, 0.29) is 5.60 Å². The standard InChI is InChI=1S/C7H15NOS/c1-9-7(5-8)3-2-4-10-6-7/h2-6,8H2,1H3. The number of methoxy groups -OCH3 is 1. The Morgan fingerprint density at radius 3 is 2.80 bits per heavy atom. The number of hydrogen-bond acceptors (Lipinski definition) is 3. The van der Waals surface area contributed by atoms with Crippen LogP contribution in [0.3, 0.4) is 0 Å². The molecule has 1 saturated heterocycles. The Labute approximate surface area is 66.5 Å². The summed E-state index contributed by atoms with van der Waals surface area (Å²) in [6.07, 6.45) is 2.38. The maximum absolute atomic E-state index is 5.61. The van der Waals surface area contributed by atoms with Gasteiger partial charge in [0.1, 0.15) is 0 Å². The van der Waals surface area contributed by atoms with Crippen molar-refractivity contribution in [2.24, 2.45) is 5.73 Å². The zero-order chi connectivity index (χ0) is 7.45. The van der Waals surface area contributed by atoms with Crippen molar-refractivity contribution in [3.05, 3.63) is 0 Å². The van der Waals surface area contributed by atoms with Crippen LogP contribution >= 0.6 is 11.8 Å². The summed E-state index contributed by atoms with van der Waals surface area (Å²) in [6.45, 7) is 0.663. The van der Waals surface area contributed by atoms with Crippen LogP contribution < -0.4 is 5.73 Å². The van der Waals surface area contributed by atoms with Crippen molar-refractivity contribution in [1.82, 2.24) is 0 Å². The minimum atomic E-state index is 0.00289. The van der Waals surface area contributed by atoms with Crippen molar-refractivity contribution in [1.29, 1.82) is 0 Å². The average molecular weight is 161 g/mol. The molecule has 0 radical (unpaired) electrons. The molecule has 0 aromatic rings. The van der Waals surface area contributed by atoms with Crippen molar-refractivity contribution >= 4 is 11.8 Å². The van der Waals surface area contributed by atoms with Crippen LogP contribution in [0.25, 0.3) is 0 Å². The molecule has 1 aliphatic heterocycles. The van der Waals surface area contributed by atoms with E-state index in [4.69, 9.17) is 10.5 Å². The highest BCUT2D eigenvalue weighted by Crippen LogP contribution is 2.28. The second kappa shape index (κ2) is 3.60. The molecule has 1 unspecified atom stereocenters. The van der Waals surface area contributed by atoms with E-state index in [1.54, 1.807) is 7.11 Å². The Morgan fingerprint density at radius 1 is 1.70 bits per heavy atom. The van der Waals surface area contributed by atoms with Gasteiger partial charge in [0.2, 0.25) is 0 Å². The number of ether oxygens (including phenoxy) is 1. The van der Waals surface area contributed by atoms with Crippen LogP contribution in [0.15, 0.2) is 0 Å². The molecule has 10 heavy (non-hydrogen) atoms. The molecule has 60 valence electrons. The van der Waals surface area contributed by atoms with Crippen molar-refractivity contribution in [2.45, 2.75) is 18.4 Å². The van der Waals surface area contributed by atoms with E-state index >= 15 is 0 Å². The molecule has 0 saturated carbocycles. The quantitative estimate of drug-likeness (QED) is 0.652. The number of rotatable bonds is 2. The van der Waals surface area contributed by atoms with E-state index in [1.807, 2.05) is 11.8 Å².